The summed E-state index contributed by atoms with van der Waals surface area (Å²) < 4.78 is 1.63. The van der Waals surface area contributed by atoms with Gasteiger partial charge in [-0.2, -0.15) is 0 Å². The highest BCUT2D eigenvalue weighted by Gasteiger charge is 2.26. The number of carbonyl (C=O) groups is 1. The molecule has 1 aromatic heterocycles. The van der Waals surface area contributed by atoms with Crippen molar-refractivity contribution in [1.82, 2.24) is 19.9 Å². The predicted molar refractivity (Wildman–Crippen MR) is 86.3 cm³/mol. The summed E-state index contributed by atoms with van der Waals surface area (Å²) in [6.45, 7) is 0.591. The average Bonchev–Trinajstić information content (AvgIpc) is 3.11. The van der Waals surface area contributed by atoms with Crippen molar-refractivity contribution in [2.24, 2.45) is 5.92 Å². The van der Waals surface area contributed by atoms with Crippen LogP contribution in [0.3, 0.4) is 0 Å². The molecular formula is C17H22N4O2. The number of rotatable bonds is 4. The van der Waals surface area contributed by atoms with Crippen molar-refractivity contribution >= 4 is 5.91 Å². The molecule has 0 radical (unpaired) electrons. The third kappa shape index (κ3) is 3.59. The number of aliphatic hydroxyl groups excluding tert-OH is 1. The Morgan fingerprint density at radius 3 is 2.96 bits per heavy atom. The Morgan fingerprint density at radius 1 is 1.39 bits per heavy atom. The summed E-state index contributed by atoms with van der Waals surface area (Å²) in [7, 11) is 1.80. The molecule has 0 aliphatic heterocycles. The number of hydrogen-bond donors (Lipinski definition) is 1. The minimum absolute atomic E-state index is 0.0373. The molecule has 1 N–H and O–H groups in total. The summed E-state index contributed by atoms with van der Waals surface area (Å²) in [5.41, 5.74) is 1.42. The molecule has 1 aliphatic carbocycles. The topological polar surface area (TPSA) is 71.2 Å². The molecule has 1 aromatic carbocycles. The summed E-state index contributed by atoms with van der Waals surface area (Å²) in [6, 6.07) is 7.34. The molecule has 0 bridgehead atoms. The summed E-state index contributed by atoms with van der Waals surface area (Å²) >= 11 is 0. The number of amides is 1. The van der Waals surface area contributed by atoms with Gasteiger partial charge in [0.25, 0.3) is 5.91 Å². The van der Waals surface area contributed by atoms with E-state index in [-0.39, 0.29) is 17.9 Å². The number of hydrogen-bond acceptors (Lipinski definition) is 4. The number of benzene rings is 1. The van der Waals surface area contributed by atoms with Gasteiger partial charge in [-0.25, -0.2) is 4.68 Å². The van der Waals surface area contributed by atoms with Gasteiger partial charge in [-0.05, 0) is 31.0 Å². The molecule has 2 aromatic rings. The monoisotopic (exact) mass is 314 g/mol. The fourth-order valence-electron chi connectivity index (χ4n) is 3.18. The minimum Gasteiger partial charge on any atom is -0.393 e. The maximum absolute atomic E-state index is 12.6. The molecule has 0 spiro atoms. The molecule has 23 heavy (non-hydrogen) atoms. The highest BCUT2D eigenvalue weighted by Crippen LogP contribution is 2.25. The normalized spacial score (nSPS) is 21.1. The fourth-order valence-corrected chi connectivity index (χ4v) is 3.18. The van der Waals surface area contributed by atoms with E-state index in [4.69, 9.17) is 0 Å². The molecule has 1 aliphatic rings. The zero-order valence-corrected chi connectivity index (χ0v) is 13.3. The first kappa shape index (κ1) is 15.7. The SMILES string of the molecule is CN(CC1CCCCC1O)C(=O)c1cccc(-n2ccnn2)c1. The van der Waals surface area contributed by atoms with Crippen LogP contribution in [0.25, 0.3) is 5.69 Å². The first-order chi connectivity index (χ1) is 11.1. The van der Waals surface area contributed by atoms with E-state index in [0.717, 1.165) is 31.4 Å². The molecule has 1 saturated carbocycles. The van der Waals surface area contributed by atoms with Crippen LogP contribution in [0.4, 0.5) is 0 Å². The van der Waals surface area contributed by atoms with Gasteiger partial charge in [0.15, 0.2) is 0 Å². The van der Waals surface area contributed by atoms with Crippen molar-refractivity contribution in [2.75, 3.05) is 13.6 Å². The van der Waals surface area contributed by atoms with Crippen LogP contribution in [0.2, 0.25) is 0 Å². The minimum atomic E-state index is -0.291. The highest BCUT2D eigenvalue weighted by molar-refractivity contribution is 5.94. The standard InChI is InChI=1S/C17H22N4O2/c1-20(12-14-5-2-3-8-16(14)22)17(23)13-6-4-7-15(11-13)21-10-9-18-19-21/h4,6-7,9-11,14,16,22H,2-3,5,8,12H2,1H3. The van der Waals surface area contributed by atoms with Crippen LogP contribution < -0.4 is 0 Å². The summed E-state index contributed by atoms with van der Waals surface area (Å²) in [5.74, 6) is 0.140. The first-order valence-corrected chi connectivity index (χ1v) is 8.05. The fraction of sp³-hybridized carbons (Fsp3) is 0.471. The van der Waals surface area contributed by atoms with Crippen LogP contribution in [0.5, 0.6) is 0 Å². The zero-order valence-electron chi connectivity index (χ0n) is 13.3. The lowest BCUT2D eigenvalue weighted by atomic mass is 9.86. The molecule has 6 nitrogen and oxygen atoms in total. The lowest BCUT2D eigenvalue weighted by molar-refractivity contribution is 0.0451. The predicted octanol–water partition coefficient (Wildman–Crippen LogP) is 1.89. The van der Waals surface area contributed by atoms with Gasteiger partial charge in [-0.1, -0.05) is 24.1 Å². The van der Waals surface area contributed by atoms with Crippen molar-refractivity contribution in [3.05, 3.63) is 42.2 Å². The van der Waals surface area contributed by atoms with Crippen molar-refractivity contribution in [3.8, 4) is 5.69 Å². The quantitative estimate of drug-likeness (QED) is 0.935. The number of aromatic nitrogens is 3. The Balaban J connectivity index is 1.71. The summed E-state index contributed by atoms with van der Waals surface area (Å²) in [6.07, 6.45) is 7.09. The van der Waals surface area contributed by atoms with Gasteiger partial charge in [0.05, 0.1) is 24.2 Å². The van der Waals surface area contributed by atoms with Crippen molar-refractivity contribution in [1.29, 1.82) is 0 Å². The zero-order chi connectivity index (χ0) is 16.2. The average molecular weight is 314 g/mol. The van der Waals surface area contributed by atoms with Crippen LogP contribution >= 0.6 is 0 Å². The van der Waals surface area contributed by atoms with E-state index in [1.165, 1.54) is 0 Å². The largest absolute Gasteiger partial charge is 0.393 e. The Kier molecular flexibility index (Phi) is 4.71. The van der Waals surface area contributed by atoms with Crippen LogP contribution in [0.1, 0.15) is 36.0 Å². The Hall–Kier alpha value is -2.21. The van der Waals surface area contributed by atoms with Gasteiger partial charge >= 0.3 is 0 Å². The van der Waals surface area contributed by atoms with Gasteiger partial charge in [0.2, 0.25) is 0 Å². The smallest absolute Gasteiger partial charge is 0.253 e. The maximum atomic E-state index is 12.6. The van der Waals surface area contributed by atoms with Gasteiger partial charge in [0, 0.05) is 25.1 Å². The molecule has 0 saturated heterocycles. The van der Waals surface area contributed by atoms with E-state index in [1.54, 1.807) is 35.1 Å². The molecule has 122 valence electrons. The second-order valence-electron chi connectivity index (χ2n) is 6.20. The van der Waals surface area contributed by atoms with Gasteiger partial charge in [-0.3, -0.25) is 4.79 Å². The van der Waals surface area contributed by atoms with Crippen LogP contribution in [0.15, 0.2) is 36.7 Å². The molecular weight excluding hydrogens is 292 g/mol. The van der Waals surface area contributed by atoms with E-state index >= 15 is 0 Å². The molecule has 2 atom stereocenters. The number of carbonyl (C=O) groups excluding carboxylic acids is 1. The summed E-state index contributed by atoms with van der Waals surface area (Å²) in [5, 5.41) is 17.8. The highest BCUT2D eigenvalue weighted by atomic mass is 16.3. The Labute approximate surface area is 135 Å². The molecule has 3 rings (SSSR count). The molecule has 1 heterocycles. The van der Waals surface area contributed by atoms with Crippen LogP contribution in [0, 0.1) is 5.92 Å². The Bertz CT molecular complexity index is 656. The molecule has 6 heteroatoms. The van der Waals surface area contributed by atoms with E-state index in [2.05, 4.69) is 10.3 Å². The van der Waals surface area contributed by atoms with E-state index in [1.807, 2.05) is 18.2 Å². The lowest BCUT2D eigenvalue weighted by Gasteiger charge is -2.31. The van der Waals surface area contributed by atoms with E-state index < -0.39 is 0 Å². The molecule has 1 amide bonds. The van der Waals surface area contributed by atoms with Gasteiger partial charge < -0.3 is 10.0 Å². The van der Waals surface area contributed by atoms with Crippen molar-refractivity contribution in [3.63, 3.8) is 0 Å². The first-order valence-electron chi connectivity index (χ1n) is 8.05. The van der Waals surface area contributed by atoms with Gasteiger partial charge in [0.1, 0.15) is 0 Å². The summed E-state index contributed by atoms with van der Waals surface area (Å²) in [4.78, 5) is 14.4. The van der Waals surface area contributed by atoms with E-state index in [9.17, 15) is 9.90 Å². The van der Waals surface area contributed by atoms with Crippen LogP contribution in [-0.2, 0) is 0 Å². The van der Waals surface area contributed by atoms with Crippen LogP contribution in [-0.4, -0.2) is 50.6 Å². The van der Waals surface area contributed by atoms with E-state index in [0.29, 0.717) is 12.1 Å². The molecule has 1 fully saturated rings. The third-order valence-electron chi connectivity index (χ3n) is 4.50. The second-order valence-corrected chi connectivity index (χ2v) is 6.20. The van der Waals surface area contributed by atoms with Crippen molar-refractivity contribution < 1.29 is 9.90 Å². The van der Waals surface area contributed by atoms with Crippen molar-refractivity contribution in [2.45, 2.75) is 31.8 Å². The number of aliphatic hydroxyl groups is 1. The lowest BCUT2D eigenvalue weighted by Crippen LogP contribution is -2.38. The maximum Gasteiger partial charge on any atom is 0.253 e. The second kappa shape index (κ2) is 6.91. The van der Waals surface area contributed by atoms with Gasteiger partial charge in [-0.15, -0.1) is 5.10 Å². The molecule has 2 unspecified atom stereocenters. The Morgan fingerprint density at radius 2 is 2.22 bits per heavy atom. The number of nitrogens with zero attached hydrogens (tertiary/aromatic N) is 4. The third-order valence-corrected chi connectivity index (χ3v) is 4.50.